The molecule has 0 aliphatic rings. The van der Waals surface area contributed by atoms with E-state index in [4.69, 9.17) is 14.9 Å². The Morgan fingerprint density at radius 3 is 2.81 bits per heavy atom. The van der Waals surface area contributed by atoms with Crippen molar-refractivity contribution in [3.63, 3.8) is 0 Å². The summed E-state index contributed by atoms with van der Waals surface area (Å²) in [5.74, 6) is 1.50. The van der Waals surface area contributed by atoms with Gasteiger partial charge in [0.1, 0.15) is 11.5 Å². The Kier molecular flexibility index (Phi) is 3.31. The summed E-state index contributed by atoms with van der Waals surface area (Å²) in [6, 6.07) is 9.18. The van der Waals surface area contributed by atoms with Crippen molar-refractivity contribution in [3.05, 3.63) is 52.4 Å². The van der Waals surface area contributed by atoms with Gasteiger partial charge in [0.15, 0.2) is 0 Å². The zero-order valence-electron chi connectivity index (χ0n) is 8.81. The molecule has 16 heavy (non-hydrogen) atoms. The summed E-state index contributed by atoms with van der Waals surface area (Å²) in [7, 11) is 1.63. The lowest BCUT2D eigenvalue weighted by molar-refractivity contribution is 0.413. The van der Waals surface area contributed by atoms with E-state index in [1.165, 1.54) is 0 Å². The molecule has 2 rings (SSSR count). The third-order valence-corrected chi connectivity index (χ3v) is 3.04. The number of hydrogen-bond acceptors (Lipinski definition) is 3. The van der Waals surface area contributed by atoms with Crippen LogP contribution in [0.3, 0.4) is 0 Å². The van der Waals surface area contributed by atoms with Crippen LogP contribution < -0.4 is 10.5 Å². The second-order valence-corrected chi connectivity index (χ2v) is 4.24. The number of furan rings is 1. The Labute approximate surface area is 102 Å². The first kappa shape index (κ1) is 11.2. The van der Waals surface area contributed by atoms with Gasteiger partial charge in [-0.15, -0.1) is 0 Å². The van der Waals surface area contributed by atoms with Crippen LogP contribution >= 0.6 is 15.9 Å². The fourth-order valence-corrected chi connectivity index (χ4v) is 1.96. The molecule has 1 unspecified atom stereocenters. The lowest BCUT2D eigenvalue weighted by Gasteiger charge is -2.11. The highest BCUT2D eigenvalue weighted by Gasteiger charge is 2.15. The number of hydrogen-bond donors (Lipinski definition) is 1. The maximum absolute atomic E-state index is 6.11. The number of halogens is 1. The molecule has 1 aromatic carbocycles. The predicted octanol–water partition coefficient (Wildman–Crippen LogP) is 3.10. The van der Waals surface area contributed by atoms with E-state index >= 15 is 0 Å². The molecule has 0 amide bonds. The average molecular weight is 282 g/mol. The SMILES string of the molecule is COc1cccc(C(N)c2occc2Br)c1. The molecule has 0 spiro atoms. The van der Waals surface area contributed by atoms with Crippen LogP contribution in [0.2, 0.25) is 0 Å². The van der Waals surface area contributed by atoms with E-state index in [-0.39, 0.29) is 6.04 Å². The third kappa shape index (κ3) is 2.13. The number of benzene rings is 1. The van der Waals surface area contributed by atoms with Crippen LogP contribution in [-0.2, 0) is 0 Å². The van der Waals surface area contributed by atoms with Crippen molar-refractivity contribution >= 4 is 15.9 Å². The van der Waals surface area contributed by atoms with E-state index in [9.17, 15) is 0 Å². The van der Waals surface area contributed by atoms with E-state index in [1.807, 2.05) is 30.3 Å². The van der Waals surface area contributed by atoms with Crippen LogP contribution in [0.5, 0.6) is 5.75 Å². The van der Waals surface area contributed by atoms with E-state index in [0.29, 0.717) is 5.76 Å². The molecule has 3 nitrogen and oxygen atoms in total. The van der Waals surface area contributed by atoms with Crippen molar-refractivity contribution < 1.29 is 9.15 Å². The zero-order valence-corrected chi connectivity index (χ0v) is 10.4. The molecule has 2 aromatic rings. The molecule has 0 aliphatic carbocycles. The Morgan fingerprint density at radius 1 is 1.38 bits per heavy atom. The Bertz CT molecular complexity index is 481. The molecule has 84 valence electrons. The standard InChI is InChI=1S/C12H12BrNO2/c1-15-9-4-2-3-8(7-9)11(14)12-10(13)5-6-16-12/h2-7,11H,14H2,1H3. The normalized spacial score (nSPS) is 12.4. The van der Waals surface area contributed by atoms with Crippen molar-refractivity contribution in [1.29, 1.82) is 0 Å². The van der Waals surface area contributed by atoms with Crippen molar-refractivity contribution in [2.75, 3.05) is 7.11 Å². The molecule has 4 heteroatoms. The maximum atomic E-state index is 6.11. The molecule has 1 atom stereocenters. The lowest BCUT2D eigenvalue weighted by Crippen LogP contribution is -2.11. The van der Waals surface area contributed by atoms with Crippen LogP contribution in [0.15, 0.2) is 45.5 Å². The second kappa shape index (κ2) is 4.72. The largest absolute Gasteiger partial charge is 0.497 e. The van der Waals surface area contributed by atoms with E-state index in [1.54, 1.807) is 13.4 Å². The van der Waals surface area contributed by atoms with Gasteiger partial charge in [-0.25, -0.2) is 0 Å². The summed E-state index contributed by atoms with van der Waals surface area (Å²) in [4.78, 5) is 0. The van der Waals surface area contributed by atoms with Crippen molar-refractivity contribution in [2.24, 2.45) is 5.73 Å². The fourth-order valence-electron chi connectivity index (χ4n) is 1.51. The Morgan fingerprint density at radius 2 is 2.19 bits per heavy atom. The van der Waals surface area contributed by atoms with Crippen molar-refractivity contribution in [1.82, 2.24) is 0 Å². The molecule has 0 radical (unpaired) electrons. The van der Waals surface area contributed by atoms with Gasteiger partial charge in [0.2, 0.25) is 0 Å². The van der Waals surface area contributed by atoms with Gasteiger partial charge in [-0.3, -0.25) is 0 Å². The van der Waals surface area contributed by atoms with Crippen LogP contribution in [0, 0.1) is 0 Å². The Balaban J connectivity index is 2.33. The van der Waals surface area contributed by atoms with Gasteiger partial charge < -0.3 is 14.9 Å². The van der Waals surface area contributed by atoms with Gasteiger partial charge >= 0.3 is 0 Å². The average Bonchev–Trinajstić information content (AvgIpc) is 2.74. The molecule has 1 aromatic heterocycles. The molecular formula is C12H12BrNO2. The number of nitrogens with two attached hydrogens (primary N) is 1. The predicted molar refractivity (Wildman–Crippen MR) is 65.4 cm³/mol. The minimum atomic E-state index is -0.292. The first-order chi connectivity index (χ1) is 7.72. The highest BCUT2D eigenvalue weighted by Crippen LogP contribution is 2.29. The van der Waals surface area contributed by atoms with Crippen LogP contribution in [0.25, 0.3) is 0 Å². The van der Waals surface area contributed by atoms with Crippen molar-refractivity contribution in [2.45, 2.75) is 6.04 Å². The van der Waals surface area contributed by atoms with E-state index in [0.717, 1.165) is 15.8 Å². The molecule has 0 aliphatic heterocycles. The summed E-state index contributed by atoms with van der Waals surface area (Å²) in [6.07, 6.45) is 1.61. The minimum absolute atomic E-state index is 0.292. The minimum Gasteiger partial charge on any atom is -0.497 e. The summed E-state index contributed by atoms with van der Waals surface area (Å²) in [5, 5.41) is 0. The topological polar surface area (TPSA) is 48.4 Å². The summed E-state index contributed by atoms with van der Waals surface area (Å²) in [6.45, 7) is 0. The van der Waals surface area contributed by atoms with Crippen LogP contribution in [0.1, 0.15) is 17.4 Å². The number of ether oxygens (including phenoxy) is 1. The van der Waals surface area contributed by atoms with Gasteiger partial charge in [0.05, 0.1) is 23.9 Å². The molecule has 0 saturated heterocycles. The van der Waals surface area contributed by atoms with Gasteiger partial charge in [0, 0.05) is 0 Å². The van der Waals surface area contributed by atoms with E-state index < -0.39 is 0 Å². The summed E-state index contributed by atoms with van der Waals surface area (Å²) < 4.78 is 11.4. The number of rotatable bonds is 3. The first-order valence-corrected chi connectivity index (χ1v) is 5.64. The summed E-state index contributed by atoms with van der Waals surface area (Å²) >= 11 is 3.39. The van der Waals surface area contributed by atoms with E-state index in [2.05, 4.69) is 15.9 Å². The quantitative estimate of drug-likeness (QED) is 0.941. The van der Waals surface area contributed by atoms with Crippen LogP contribution in [0.4, 0.5) is 0 Å². The Hall–Kier alpha value is -1.26. The van der Waals surface area contributed by atoms with Gasteiger partial charge in [-0.2, -0.15) is 0 Å². The molecule has 1 heterocycles. The maximum Gasteiger partial charge on any atom is 0.139 e. The fraction of sp³-hybridized carbons (Fsp3) is 0.167. The smallest absolute Gasteiger partial charge is 0.139 e. The highest BCUT2D eigenvalue weighted by molar-refractivity contribution is 9.10. The van der Waals surface area contributed by atoms with Crippen LogP contribution in [-0.4, -0.2) is 7.11 Å². The number of methoxy groups -OCH3 is 1. The third-order valence-electron chi connectivity index (χ3n) is 2.38. The van der Waals surface area contributed by atoms with Gasteiger partial charge in [0.25, 0.3) is 0 Å². The second-order valence-electron chi connectivity index (χ2n) is 3.39. The summed E-state index contributed by atoms with van der Waals surface area (Å²) in [5.41, 5.74) is 7.06. The molecule has 0 fully saturated rings. The van der Waals surface area contributed by atoms with Gasteiger partial charge in [-0.1, -0.05) is 12.1 Å². The lowest BCUT2D eigenvalue weighted by atomic mass is 10.1. The first-order valence-electron chi connectivity index (χ1n) is 4.85. The molecule has 2 N–H and O–H groups in total. The zero-order chi connectivity index (χ0) is 11.5. The molecular weight excluding hydrogens is 270 g/mol. The monoisotopic (exact) mass is 281 g/mol. The van der Waals surface area contributed by atoms with Crippen molar-refractivity contribution in [3.8, 4) is 5.75 Å². The highest BCUT2D eigenvalue weighted by atomic mass is 79.9. The van der Waals surface area contributed by atoms with Gasteiger partial charge in [-0.05, 0) is 39.7 Å². The molecule has 0 saturated carbocycles. The molecule has 0 bridgehead atoms.